The maximum atomic E-state index is 8.66. The minimum absolute atomic E-state index is 0.414. The maximum Gasteiger partial charge on any atom is 0.137 e. The third-order valence-electron chi connectivity index (χ3n) is 2.04. The molecule has 1 aromatic heterocycles. The van der Waals surface area contributed by atoms with Gasteiger partial charge in [0, 0.05) is 18.0 Å². The van der Waals surface area contributed by atoms with E-state index in [1.807, 2.05) is 24.3 Å². The van der Waals surface area contributed by atoms with E-state index in [0.717, 1.165) is 17.0 Å². The number of aromatic amines is 1. The van der Waals surface area contributed by atoms with E-state index < -0.39 is 0 Å². The van der Waals surface area contributed by atoms with Gasteiger partial charge in [-0.1, -0.05) is 24.3 Å². The highest BCUT2D eigenvalue weighted by Gasteiger charge is 2.04. The van der Waals surface area contributed by atoms with Crippen LogP contribution in [0.15, 0.2) is 36.7 Å². The first kappa shape index (κ1) is 8.52. The van der Waals surface area contributed by atoms with Crippen molar-refractivity contribution in [3.8, 4) is 17.5 Å². The summed E-state index contributed by atoms with van der Waals surface area (Å²) in [6.07, 6.45) is 3.90. The Labute approximate surface area is 82.0 Å². The summed E-state index contributed by atoms with van der Waals surface area (Å²) in [7, 11) is 0. The zero-order valence-corrected chi connectivity index (χ0v) is 7.57. The number of H-pyrrole nitrogens is 1. The lowest BCUT2D eigenvalue weighted by Gasteiger charge is -2.02. The van der Waals surface area contributed by atoms with Crippen LogP contribution in [-0.4, -0.2) is 9.97 Å². The van der Waals surface area contributed by atoms with E-state index in [1.165, 1.54) is 0 Å². The van der Waals surface area contributed by atoms with Crippen molar-refractivity contribution in [2.45, 2.75) is 6.42 Å². The summed E-state index contributed by atoms with van der Waals surface area (Å²) in [6, 6.07) is 9.93. The van der Waals surface area contributed by atoms with Crippen LogP contribution in [0.4, 0.5) is 0 Å². The fourth-order valence-electron chi connectivity index (χ4n) is 1.40. The molecule has 1 aromatic carbocycles. The summed E-state index contributed by atoms with van der Waals surface area (Å²) in [4.78, 5) is 7.20. The molecule has 0 unspecified atom stereocenters. The van der Waals surface area contributed by atoms with Gasteiger partial charge < -0.3 is 4.98 Å². The number of hydrogen-bond acceptors (Lipinski definition) is 2. The Morgan fingerprint density at radius 2 is 2.21 bits per heavy atom. The third kappa shape index (κ3) is 1.50. The first-order chi connectivity index (χ1) is 6.92. The van der Waals surface area contributed by atoms with Gasteiger partial charge in [0.2, 0.25) is 0 Å². The molecule has 1 N–H and O–H groups in total. The Morgan fingerprint density at radius 1 is 1.36 bits per heavy atom. The van der Waals surface area contributed by atoms with Gasteiger partial charge in [-0.3, -0.25) is 0 Å². The van der Waals surface area contributed by atoms with E-state index in [9.17, 15) is 0 Å². The van der Waals surface area contributed by atoms with E-state index in [0.29, 0.717) is 6.42 Å². The van der Waals surface area contributed by atoms with Gasteiger partial charge in [-0.15, -0.1) is 0 Å². The highest BCUT2D eigenvalue weighted by molar-refractivity contribution is 5.60. The molecule has 0 radical (unpaired) electrons. The molecule has 0 aliphatic heterocycles. The molecule has 3 heteroatoms. The highest BCUT2D eigenvalue weighted by atomic mass is 14.9. The van der Waals surface area contributed by atoms with Gasteiger partial charge in [-0.2, -0.15) is 5.26 Å². The molecule has 0 aliphatic carbocycles. The molecule has 3 nitrogen and oxygen atoms in total. The third-order valence-corrected chi connectivity index (χ3v) is 2.04. The molecule has 2 aromatic rings. The smallest absolute Gasteiger partial charge is 0.137 e. The average Bonchev–Trinajstić information content (AvgIpc) is 2.72. The summed E-state index contributed by atoms with van der Waals surface area (Å²) < 4.78 is 0. The molecule has 0 fully saturated rings. The van der Waals surface area contributed by atoms with Gasteiger partial charge in [0.1, 0.15) is 5.82 Å². The summed E-state index contributed by atoms with van der Waals surface area (Å²) in [5.41, 5.74) is 2.00. The van der Waals surface area contributed by atoms with Crippen molar-refractivity contribution in [1.29, 1.82) is 5.26 Å². The van der Waals surface area contributed by atoms with E-state index in [-0.39, 0.29) is 0 Å². The lowest BCUT2D eigenvalue weighted by atomic mass is 10.1. The monoisotopic (exact) mass is 183 g/mol. The first-order valence-electron chi connectivity index (χ1n) is 4.36. The van der Waals surface area contributed by atoms with Crippen molar-refractivity contribution >= 4 is 0 Å². The minimum Gasteiger partial charge on any atom is -0.345 e. The Balaban J connectivity index is 2.48. The zero-order valence-electron chi connectivity index (χ0n) is 7.57. The zero-order chi connectivity index (χ0) is 9.80. The standard InChI is InChI=1S/C11H9N3/c12-6-5-9-3-1-2-4-10(9)11-13-7-8-14-11/h1-4,7-8H,5H2,(H,13,14). The van der Waals surface area contributed by atoms with Gasteiger partial charge in [0.15, 0.2) is 0 Å². The van der Waals surface area contributed by atoms with E-state index in [4.69, 9.17) is 5.26 Å². The van der Waals surface area contributed by atoms with Crippen LogP contribution in [0.1, 0.15) is 5.56 Å². The SMILES string of the molecule is N#CCc1ccccc1-c1ncc[nH]1. The number of hydrogen-bond donors (Lipinski definition) is 1. The lowest BCUT2D eigenvalue weighted by Crippen LogP contribution is -1.89. The number of aromatic nitrogens is 2. The van der Waals surface area contributed by atoms with Gasteiger partial charge in [0.05, 0.1) is 12.5 Å². The number of imidazole rings is 1. The Morgan fingerprint density at radius 3 is 2.93 bits per heavy atom. The number of nitriles is 1. The summed E-state index contributed by atoms with van der Waals surface area (Å²) in [6.45, 7) is 0. The van der Waals surface area contributed by atoms with Gasteiger partial charge in [0.25, 0.3) is 0 Å². The first-order valence-corrected chi connectivity index (χ1v) is 4.36. The summed E-state index contributed by atoms with van der Waals surface area (Å²) >= 11 is 0. The van der Waals surface area contributed by atoms with Crippen LogP contribution in [0.2, 0.25) is 0 Å². The topological polar surface area (TPSA) is 52.5 Å². The second-order valence-electron chi connectivity index (χ2n) is 2.93. The van der Waals surface area contributed by atoms with Gasteiger partial charge in [-0.05, 0) is 5.56 Å². The Bertz CT molecular complexity index is 452. The molecule has 0 amide bonds. The molecule has 0 atom stereocenters. The minimum atomic E-state index is 0.414. The quantitative estimate of drug-likeness (QED) is 0.775. The van der Waals surface area contributed by atoms with Gasteiger partial charge >= 0.3 is 0 Å². The fourth-order valence-corrected chi connectivity index (χ4v) is 1.40. The van der Waals surface area contributed by atoms with Crippen molar-refractivity contribution < 1.29 is 0 Å². The molecule has 1 heterocycles. The van der Waals surface area contributed by atoms with Crippen molar-refractivity contribution in [3.63, 3.8) is 0 Å². The van der Waals surface area contributed by atoms with E-state index in [1.54, 1.807) is 12.4 Å². The van der Waals surface area contributed by atoms with E-state index >= 15 is 0 Å². The van der Waals surface area contributed by atoms with Crippen LogP contribution in [0, 0.1) is 11.3 Å². The molecule has 2 rings (SSSR count). The largest absolute Gasteiger partial charge is 0.345 e. The van der Waals surface area contributed by atoms with Crippen molar-refractivity contribution in [2.24, 2.45) is 0 Å². The number of rotatable bonds is 2. The molecule has 0 saturated heterocycles. The van der Waals surface area contributed by atoms with Crippen molar-refractivity contribution in [1.82, 2.24) is 9.97 Å². The van der Waals surface area contributed by atoms with Crippen LogP contribution in [0.3, 0.4) is 0 Å². The molecular formula is C11H9N3. The predicted octanol–water partition coefficient (Wildman–Crippen LogP) is 2.14. The van der Waals surface area contributed by atoms with Crippen LogP contribution in [0.25, 0.3) is 11.4 Å². The van der Waals surface area contributed by atoms with Crippen molar-refractivity contribution in [2.75, 3.05) is 0 Å². The lowest BCUT2D eigenvalue weighted by molar-refractivity contribution is 1.22. The van der Waals surface area contributed by atoms with Crippen LogP contribution in [0.5, 0.6) is 0 Å². The van der Waals surface area contributed by atoms with Gasteiger partial charge in [-0.25, -0.2) is 4.98 Å². The number of nitrogens with zero attached hydrogens (tertiary/aromatic N) is 2. The van der Waals surface area contributed by atoms with Crippen molar-refractivity contribution in [3.05, 3.63) is 42.2 Å². The maximum absolute atomic E-state index is 8.66. The van der Waals surface area contributed by atoms with E-state index in [2.05, 4.69) is 16.0 Å². The second-order valence-corrected chi connectivity index (χ2v) is 2.93. The Kier molecular flexibility index (Phi) is 2.28. The normalized spacial score (nSPS) is 9.64. The average molecular weight is 183 g/mol. The molecule has 68 valence electrons. The highest BCUT2D eigenvalue weighted by Crippen LogP contribution is 2.19. The second kappa shape index (κ2) is 3.75. The summed E-state index contributed by atoms with van der Waals surface area (Å²) in [5, 5.41) is 8.66. The molecule has 0 spiro atoms. The fraction of sp³-hybridized carbons (Fsp3) is 0.0909. The Hall–Kier alpha value is -2.08. The van der Waals surface area contributed by atoms with Crippen LogP contribution >= 0.6 is 0 Å². The summed E-state index contributed by atoms with van der Waals surface area (Å²) in [5.74, 6) is 0.816. The molecule has 0 aliphatic rings. The molecule has 0 saturated carbocycles. The van der Waals surface area contributed by atoms with Crippen LogP contribution in [-0.2, 0) is 6.42 Å². The molecular weight excluding hydrogens is 174 g/mol. The molecule has 14 heavy (non-hydrogen) atoms. The predicted molar refractivity (Wildman–Crippen MR) is 53.3 cm³/mol. The number of benzene rings is 1. The van der Waals surface area contributed by atoms with Crippen LogP contribution < -0.4 is 0 Å². The number of nitrogens with one attached hydrogen (secondary N) is 1. The molecule has 0 bridgehead atoms.